The average Bonchev–Trinajstić information content (AvgIpc) is 3.33. The number of hydrogen-bond donors (Lipinski definition) is 3. The smallest absolute Gasteiger partial charge is 0.387 e. The molecule has 0 aliphatic heterocycles. The second kappa shape index (κ2) is 53.3. The lowest BCUT2D eigenvalue weighted by atomic mass is 10.0. The van der Waals surface area contributed by atoms with Gasteiger partial charge in [-0.3, -0.25) is 13.8 Å². The molecule has 9 heteroatoms. The number of phosphoric ester groups is 1. The van der Waals surface area contributed by atoms with Gasteiger partial charge in [-0.1, -0.05) is 268 Å². The normalized spacial score (nSPS) is 14.2. The van der Waals surface area contributed by atoms with E-state index >= 15 is 0 Å². The summed E-state index contributed by atoms with van der Waals surface area (Å²) < 4.78 is 23.7. The molecule has 1 amide bonds. The quantitative estimate of drug-likeness (QED) is 0.0243. The molecule has 0 saturated carbocycles. The van der Waals surface area contributed by atoms with Crippen LogP contribution in [0.3, 0.4) is 0 Å². The molecule has 0 heterocycles. The third-order valence-electron chi connectivity index (χ3n) is 13.8. The largest absolute Gasteiger partial charge is 0.472 e. The number of hydrogen-bond acceptors (Lipinski definition) is 5. The number of phosphoric acid groups is 1. The van der Waals surface area contributed by atoms with E-state index in [1.54, 1.807) is 6.08 Å². The van der Waals surface area contributed by atoms with Crippen LogP contribution in [-0.4, -0.2) is 73.4 Å². The first kappa shape index (κ1) is 69.5. The predicted octanol–water partition coefficient (Wildman–Crippen LogP) is 18.7. The Morgan fingerprint density at radius 1 is 0.479 bits per heavy atom. The molecule has 0 aliphatic carbocycles. The van der Waals surface area contributed by atoms with Gasteiger partial charge in [0.25, 0.3) is 0 Å². The minimum Gasteiger partial charge on any atom is -0.387 e. The lowest BCUT2D eigenvalue weighted by molar-refractivity contribution is -0.870. The molecule has 8 nitrogen and oxygen atoms in total. The fraction of sp³-hybridized carbons (Fsp3) is 0.855. The van der Waals surface area contributed by atoms with Crippen molar-refractivity contribution in [2.45, 2.75) is 302 Å². The number of nitrogens with zero attached hydrogens (tertiary/aromatic N) is 1. The van der Waals surface area contributed by atoms with E-state index in [9.17, 15) is 19.4 Å². The first-order chi connectivity index (χ1) is 34.5. The summed E-state index contributed by atoms with van der Waals surface area (Å²) in [6.45, 7) is 4.83. The summed E-state index contributed by atoms with van der Waals surface area (Å²) >= 11 is 0. The standard InChI is InChI=1S/C62H119N2O6P/c1-6-8-10-12-14-16-18-20-22-24-26-28-30-32-34-36-38-40-42-44-46-48-50-52-54-56-62(66)63-60(59-70-71(67,68)69-58-57-64(3,4)5)61(65)55-53-51-49-47-45-43-41-39-37-35-33-31-29-27-25-23-21-19-17-15-13-11-9-7-2/h26,28,32,34,45,47,53,55,60-61,65H,6-25,27,29-31,33,35-44,46,48-52,54,56-59H2,1-5H3,(H-,63,66,67,68)/p+1/b28-26-,34-32-,47-45+,55-53+. The molecule has 3 unspecified atom stereocenters. The Morgan fingerprint density at radius 2 is 0.817 bits per heavy atom. The van der Waals surface area contributed by atoms with Gasteiger partial charge in [-0.05, 0) is 64.2 Å². The summed E-state index contributed by atoms with van der Waals surface area (Å²) in [5, 5.41) is 13.9. The molecule has 0 fully saturated rings. The number of quaternary nitrogens is 1. The molecule has 0 saturated heterocycles. The Labute approximate surface area is 441 Å². The average molecular weight is 1020 g/mol. The number of aliphatic hydroxyl groups is 1. The van der Waals surface area contributed by atoms with E-state index in [1.165, 1.54) is 225 Å². The summed E-state index contributed by atoms with van der Waals surface area (Å²) in [5.74, 6) is -0.188. The number of allylic oxidation sites excluding steroid dienone is 7. The number of likely N-dealkylation sites (N-methyl/N-ethyl adjacent to an activating group) is 1. The maximum atomic E-state index is 13.0. The van der Waals surface area contributed by atoms with Crippen LogP contribution in [0, 0.1) is 0 Å². The van der Waals surface area contributed by atoms with Crippen LogP contribution in [0.2, 0.25) is 0 Å². The van der Waals surface area contributed by atoms with Crippen molar-refractivity contribution in [1.29, 1.82) is 0 Å². The van der Waals surface area contributed by atoms with Gasteiger partial charge in [0, 0.05) is 6.42 Å². The van der Waals surface area contributed by atoms with Crippen molar-refractivity contribution >= 4 is 13.7 Å². The summed E-state index contributed by atoms with van der Waals surface area (Å²) in [5.41, 5.74) is 0. The highest BCUT2D eigenvalue weighted by atomic mass is 31.2. The number of rotatable bonds is 56. The van der Waals surface area contributed by atoms with Gasteiger partial charge >= 0.3 is 7.82 Å². The van der Waals surface area contributed by atoms with Crippen LogP contribution in [0.15, 0.2) is 48.6 Å². The fourth-order valence-electron chi connectivity index (χ4n) is 8.97. The maximum absolute atomic E-state index is 13.0. The number of unbranched alkanes of at least 4 members (excludes halogenated alkanes) is 37. The number of nitrogens with one attached hydrogen (secondary N) is 1. The number of carbonyl (C=O) groups is 1. The van der Waals surface area contributed by atoms with Crippen LogP contribution in [0.5, 0.6) is 0 Å². The summed E-state index contributed by atoms with van der Waals surface area (Å²) in [7, 11) is 1.56. The van der Waals surface area contributed by atoms with Crippen molar-refractivity contribution in [2.24, 2.45) is 0 Å². The van der Waals surface area contributed by atoms with Crippen LogP contribution in [-0.2, 0) is 18.4 Å². The number of amides is 1. The Balaban J connectivity index is 4.23. The van der Waals surface area contributed by atoms with Gasteiger partial charge in [-0.25, -0.2) is 4.57 Å². The SMILES string of the molecule is CCCCCCCCCCC/C=C\C/C=C\CCCCCCCCCCCC(=O)NC(COP(=O)(O)OCC[N+](C)(C)C)C(O)/C=C/CC/C=C/CCCCCCCCCCCCCCCCCCCC. The summed E-state index contributed by atoms with van der Waals surface area (Å²) in [4.78, 5) is 23.3. The van der Waals surface area contributed by atoms with Gasteiger partial charge in [-0.15, -0.1) is 0 Å². The second-order valence-electron chi connectivity index (χ2n) is 22.1. The molecular weight excluding hydrogens is 900 g/mol. The van der Waals surface area contributed by atoms with E-state index in [-0.39, 0.29) is 19.1 Å². The minimum atomic E-state index is -4.36. The van der Waals surface area contributed by atoms with E-state index in [0.29, 0.717) is 17.4 Å². The molecule has 0 bridgehead atoms. The van der Waals surface area contributed by atoms with Crippen LogP contribution >= 0.6 is 7.82 Å². The van der Waals surface area contributed by atoms with Crippen molar-refractivity contribution in [3.8, 4) is 0 Å². The molecule has 3 atom stereocenters. The van der Waals surface area contributed by atoms with Gasteiger partial charge in [0.15, 0.2) is 0 Å². The fourth-order valence-corrected chi connectivity index (χ4v) is 9.71. The Kier molecular flexibility index (Phi) is 52.1. The number of aliphatic hydroxyl groups excluding tert-OH is 1. The molecule has 418 valence electrons. The van der Waals surface area contributed by atoms with Gasteiger partial charge in [0.05, 0.1) is 39.9 Å². The zero-order valence-corrected chi connectivity index (χ0v) is 48.6. The zero-order chi connectivity index (χ0) is 52.0. The highest BCUT2D eigenvalue weighted by molar-refractivity contribution is 7.47. The Hall–Kier alpha value is -1.54. The van der Waals surface area contributed by atoms with Gasteiger partial charge in [-0.2, -0.15) is 0 Å². The molecule has 0 rings (SSSR count). The highest BCUT2D eigenvalue weighted by Crippen LogP contribution is 2.43. The lowest BCUT2D eigenvalue weighted by Gasteiger charge is -2.25. The third kappa shape index (κ3) is 56.0. The first-order valence-corrected chi connectivity index (χ1v) is 32.0. The van der Waals surface area contributed by atoms with Crippen LogP contribution in [0.25, 0.3) is 0 Å². The summed E-state index contributed by atoms with van der Waals surface area (Å²) in [6, 6.07) is -0.868. The monoisotopic (exact) mass is 1020 g/mol. The molecular formula is C62H120N2O6P+. The third-order valence-corrected chi connectivity index (χ3v) is 14.8. The van der Waals surface area contributed by atoms with E-state index < -0.39 is 20.0 Å². The topological polar surface area (TPSA) is 105 Å². The molecule has 0 aromatic heterocycles. The predicted molar refractivity (Wildman–Crippen MR) is 309 cm³/mol. The van der Waals surface area contributed by atoms with E-state index in [4.69, 9.17) is 9.05 Å². The number of carbonyl (C=O) groups excluding carboxylic acids is 1. The highest BCUT2D eigenvalue weighted by Gasteiger charge is 2.27. The molecule has 0 aliphatic rings. The molecule has 0 radical (unpaired) electrons. The van der Waals surface area contributed by atoms with Gasteiger partial charge in [0.2, 0.25) is 5.91 Å². The zero-order valence-electron chi connectivity index (χ0n) is 47.7. The maximum Gasteiger partial charge on any atom is 0.472 e. The van der Waals surface area contributed by atoms with Crippen molar-refractivity contribution in [3.63, 3.8) is 0 Å². The molecule has 0 aromatic carbocycles. The van der Waals surface area contributed by atoms with Crippen molar-refractivity contribution in [3.05, 3.63) is 48.6 Å². The van der Waals surface area contributed by atoms with Crippen molar-refractivity contribution < 1.29 is 32.9 Å². The molecule has 0 spiro atoms. The lowest BCUT2D eigenvalue weighted by Crippen LogP contribution is -2.45. The van der Waals surface area contributed by atoms with Crippen molar-refractivity contribution in [1.82, 2.24) is 5.32 Å². The molecule has 0 aromatic rings. The van der Waals surface area contributed by atoms with Gasteiger partial charge < -0.3 is 19.8 Å². The van der Waals surface area contributed by atoms with E-state index in [0.717, 1.165) is 44.9 Å². The van der Waals surface area contributed by atoms with E-state index in [1.807, 2.05) is 27.2 Å². The molecule has 3 N–H and O–H groups in total. The van der Waals surface area contributed by atoms with Crippen LogP contribution in [0.1, 0.15) is 290 Å². The van der Waals surface area contributed by atoms with Gasteiger partial charge in [0.1, 0.15) is 13.2 Å². The van der Waals surface area contributed by atoms with Crippen LogP contribution < -0.4 is 5.32 Å². The van der Waals surface area contributed by atoms with E-state index in [2.05, 4.69) is 55.6 Å². The first-order valence-electron chi connectivity index (χ1n) is 30.5. The van der Waals surface area contributed by atoms with Crippen molar-refractivity contribution in [2.75, 3.05) is 40.9 Å². The summed E-state index contributed by atoms with van der Waals surface area (Å²) in [6.07, 6.45) is 70.8. The second-order valence-corrected chi connectivity index (χ2v) is 23.5. The molecule has 71 heavy (non-hydrogen) atoms. The minimum absolute atomic E-state index is 0.0547. The van der Waals surface area contributed by atoms with Crippen LogP contribution in [0.4, 0.5) is 0 Å². The Morgan fingerprint density at radius 3 is 1.21 bits per heavy atom. The Bertz CT molecular complexity index is 1290.